The molecule has 5 rings (SSSR count). The molecule has 9 nitrogen and oxygen atoms in total. The maximum Gasteiger partial charge on any atom is 0.433 e. The molecule has 0 unspecified atom stereocenters. The van der Waals surface area contributed by atoms with Crippen molar-refractivity contribution >= 4 is 23.3 Å². The highest BCUT2D eigenvalue weighted by Crippen LogP contribution is 2.41. The van der Waals surface area contributed by atoms with E-state index >= 15 is 0 Å². The zero-order valence-electron chi connectivity index (χ0n) is 18.4. The van der Waals surface area contributed by atoms with Crippen molar-refractivity contribution in [2.45, 2.75) is 31.9 Å². The molecule has 12 heteroatoms. The molecule has 0 bridgehead atoms. The molecule has 35 heavy (non-hydrogen) atoms. The average molecular weight is 484 g/mol. The number of benzene rings is 1. The monoisotopic (exact) mass is 484 g/mol. The minimum atomic E-state index is -4.69. The van der Waals surface area contributed by atoms with Crippen LogP contribution in [-0.2, 0) is 10.9 Å². The lowest BCUT2D eigenvalue weighted by Crippen LogP contribution is -2.19. The number of halogens is 3. The zero-order valence-corrected chi connectivity index (χ0v) is 18.4. The molecule has 1 aliphatic carbocycles. The third-order valence-corrected chi connectivity index (χ3v) is 5.46. The third-order valence-electron chi connectivity index (χ3n) is 5.46. The summed E-state index contributed by atoms with van der Waals surface area (Å²) in [5.41, 5.74) is -0.546. The topological polar surface area (TPSA) is 103 Å². The summed E-state index contributed by atoms with van der Waals surface area (Å²) < 4.78 is 48.1. The van der Waals surface area contributed by atoms with Crippen molar-refractivity contribution in [1.82, 2.24) is 24.4 Å². The summed E-state index contributed by atoms with van der Waals surface area (Å²) in [7, 11) is 0. The molecule has 3 heterocycles. The van der Waals surface area contributed by atoms with Gasteiger partial charge in [-0.1, -0.05) is 18.2 Å². The lowest BCUT2D eigenvalue weighted by Gasteiger charge is -2.11. The molecule has 4 aromatic rings. The van der Waals surface area contributed by atoms with E-state index in [1.165, 1.54) is 16.9 Å². The van der Waals surface area contributed by atoms with Crippen LogP contribution >= 0.6 is 0 Å². The van der Waals surface area contributed by atoms with Gasteiger partial charge in [0, 0.05) is 17.7 Å². The fraction of sp³-hybridized carbons (Fsp3) is 0.261. The van der Waals surface area contributed by atoms with Crippen molar-refractivity contribution in [3.8, 4) is 5.69 Å². The average Bonchev–Trinajstić information content (AvgIpc) is 3.45. The van der Waals surface area contributed by atoms with Crippen molar-refractivity contribution in [3.05, 3.63) is 71.3 Å². The molecule has 1 aliphatic rings. The van der Waals surface area contributed by atoms with Crippen LogP contribution in [0.5, 0.6) is 0 Å². The standard InChI is InChI=1S/C23H19F3N6O3/c1-2-35-22(34)15-12-27-31(14-6-4-3-5-7-14)20(15)29-21(33)17-11-19-28-16(13-8-9-13)10-18(23(24,25)26)32(19)30-17/h3-7,10-13H,2,8-9H2,1H3,(H,29,33). The first kappa shape index (κ1) is 22.6. The van der Waals surface area contributed by atoms with E-state index < -0.39 is 23.7 Å². The van der Waals surface area contributed by atoms with Gasteiger partial charge in [-0.3, -0.25) is 4.79 Å². The molecule has 1 aromatic carbocycles. The van der Waals surface area contributed by atoms with Crippen molar-refractivity contribution < 1.29 is 27.5 Å². The number of alkyl halides is 3. The van der Waals surface area contributed by atoms with E-state index in [0.717, 1.165) is 18.9 Å². The van der Waals surface area contributed by atoms with Gasteiger partial charge in [0.25, 0.3) is 5.91 Å². The maximum absolute atomic E-state index is 13.7. The van der Waals surface area contributed by atoms with Gasteiger partial charge in [0.2, 0.25) is 0 Å². The lowest BCUT2D eigenvalue weighted by atomic mass is 10.2. The van der Waals surface area contributed by atoms with Crippen LogP contribution in [0.15, 0.2) is 48.7 Å². The number of carbonyl (C=O) groups excluding carboxylic acids is 2. The molecule has 0 saturated heterocycles. The fourth-order valence-electron chi connectivity index (χ4n) is 3.66. The molecule has 1 N–H and O–H groups in total. The SMILES string of the molecule is CCOC(=O)c1cnn(-c2ccccc2)c1NC(=O)c1cc2nc(C3CC3)cc(C(F)(F)F)n2n1. The van der Waals surface area contributed by atoms with Crippen LogP contribution in [0, 0.1) is 0 Å². The molecular formula is C23H19F3N6O3. The van der Waals surface area contributed by atoms with E-state index in [4.69, 9.17) is 4.74 Å². The Hall–Kier alpha value is -4.22. The number of para-hydroxylation sites is 1. The van der Waals surface area contributed by atoms with Gasteiger partial charge >= 0.3 is 12.1 Å². The van der Waals surface area contributed by atoms with Gasteiger partial charge in [-0.25, -0.2) is 19.0 Å². The lowest BCUT2D eigenvalue weighted by molar-refractivity contribution is -0.142. The number of aromatic nitrogens is 5. The predicted molar refractivity (Wildman–Crippen MR) is 117 cm³/mol. The number of nitrogens with zero attached hydrogens (tertiary/aromatic N) is 5. The van der Waals surface area contributed by atoms with Gasteiger partial charge in [-0.15, -0.1) is 0 Å². The largest absolute Gasteiger partial charge is 0.462 e. The van der Waals surface area contributed by atoms with Crippen LogP contribution < -0.4 is 5.32 Å². The number of fused-ring (bicyclic) bond motifs is 1. The highest BCUT2D eigenvalue weighted by atomic mass is 19.4. The van der Waals surface area contributed by atoms with Crippen molar-refractivity contribution in [2.75, 3.05) is 11.9 Å². The van der Waals surface area contributed by atoms with Crippen LogP contribution in [-0.4, -0.2) is 42.9 Å². The predicted octanol–water partition coefficient (Wildman–Crippen LogP) is 4.24. The van der Waals surface area contributed by atoms with E-state index in [0.29, 0.717) is 15.9 Å². The molecular weight excluding hydrogens is 465 g/mol. The number of anilines is 1. The minimum absolute atomic E-state index is 0.000574. The van der Waals surface area contributed by atoms with Gasteiger partial charge < -0.3 is 10.1 Å². The summed E-state index contributed by atoms with van der Waals surface area (Å²) in [6.07, 6.45) is -1.91. The number of carbonyl (C=O) groups is 2. The fourth-order valence-corrected chi connectivity index (χ4v) is 3.66. The van der Waals surface area contributed by atoms with Gasteiger partial charge in [-0.2, -0.15) is 23.4 Å². The van der Waals surface area contributed by atoms with Crippen molar-refractivity contribution in [2.24, 2.45) is 0 Å². The Labute approximate surface area is 196 Å². The minimum Gasteiger partial charge on any atom is -0.462 e. The number of nitrogens with one attached hydrogen (secondary N) is 1. The second-order valence-corrected chi connectivity index (χ2v) is 7.97. The quantitative estimate of drug-likeness (QED) is 0.411. The summed E-state index contributed by atoms with van der Waals surface area (Å²) in [4.78, 5) is 29.8. The Morgan fingerprint density at radius 2 is 1.91 bits per heavy atom. The first-order valence-electron chi connectivity index (χ1n) is 10.9. The molecule has 180 valence electrons. The highest BCUT2D eigenvalue weighted by molar-refractivity contribution is 6.07. The van der Waals surface area contributed by atoms with E-state index in [9.17, 15) is 22.8 Å². The number of rotatable bonds is 6. The van der Waals surface area contributed by atoms with Gasteiger partial charge in [0.1, 0.15) is 11.3 Å². The highest BCUT2D eigenvalue weighted by Gasteiger charge is 2.37. The van der Waals surface area contributed by atoms with Crippen molar-refractivity contribution in [3.63, 3.8) is 0 Å². The smallest absolute Gasteiger partial charge is 0.433 e. The Morgan fingerprint density at radius 3 is 2.57 bits per heavy atom. The molecule has 0 spiro atoms. The molecule has 0 atom stereocenters. The number of hydrogen-bond acceptors (Lipinski definition) is 6. The summed E-state index contributed by atoms with van der Waals surface area (Å²) in [6.45, 7) is 1.74. The van der Waals surface area contributed by atoms with Crippen LogP contribution in [0.4, 0.5) is 19.0 Å². The first-order valence-corrected chi connectivity index (χ1v) is 10.9. The van der Waals surface area contributed by atoms with Crippen molar-refractivity contribution in [1.29, 1.82) is 0 Å². The van der Waals surface area contributed by atoms with Gasteiger partial charge in [-0.05, 0) is 38.0 Å². The summed E-state index contributed by atoms with van der Waals surface area (Å²) in [5.74, 6) is -1.57. The summed E-state index contributed by atoms with van der Waals surface area (Å²) in [5, 5.41) is 10.6. The Kier molecular flexibility index (Phi) is 5.50. The summed E-state index contributed by atoms with van der Waals surface area (Å²) >= 11 is 0. The van der Waals surface area contributed by atoms with E-state index in [2.05, 4.69) is 20.5 Å². The Morgan fingerprint density at radius 1 is 1.17 bits per heavy atom. The number of hydrogen-bond donors (Lipinski definition) is 1. The summed E-state index contributed by atoms with van der Waals surface area (Å²) in [6, 6.07) is 10.9. The van der Waals surface area contributed by atoms with E-state index in [-0.39, 0.29) is 35.2 Å². The van der Waals surface area contributed by atoms with Crippen LogP contribution in [0.3, 0.4) is 0 Å². The van der Waals surface area contributed by atoms with Gasteiger partial charge in [0.05, 0.1) is 18.5 Å². The number of ether oxygens (including phenoxy) is 1. The second kappa shape index (κ2) is 8.53. The van der Waals surface area contributed by atoms with Crippen LogP contribution in [0.2, 0.25) is 0 Å². The molecule has 0 aliphatic heterocycles. The third kappa shape index (κ3) is 4.34. The molecule has 1 amide bonds. The van der Waals surface area contributed by atoms with E-state index in [1.54, 1.807) is 37.3 Å². The van der Waals surface area contributed by atoms with E-state index in [1.807, 2.05) is 0 Å². The Bertz CT molecular complexity index is 1420. The molecule has 1 saturated carbocycles. The molecule has 3 aromatic heterocycles. The molecule has 1 fully saturated rings. The Balaban J connectivity index is 1.55. The first-order chi connectivity index (χ1) is 16.8. The van der Waals surface area contributed by atoms with Crippen LogP contribution in [0.25, 0.3) is 11.3 Å². The maximum atomic E-state index is 13.7. The number of amides is 1. The zero-order chi connectivity index (χ0) is 24.7. The van der Waals surface area contributed by atoms with Crippen LogP contribution in [0.1, 0.15) is 57.9 Å². The molecule has 0 radical (unpaired) electrons. The van der Waals surface area contributed by atoms with Gasteiger partial charge in [0.15, 0.2) is 17.2 Å². The normalized spacial score (nSPS) is 13.7. The number of esters is 1. The second-order valence-electron chi connectivity index (χ2n) is 7.97.